The van der Waals surface area contributed by atoms with Crippen molar-refractivity contribution >= 4 is 23.6 Å². The second kappa shape index (κ2) is 13.4. The first-order valence-electron chi connectivity index (χ1n) is 13.3. The minimum Gasteiger partial charge on any atom is -0.491 e. The topological polar surface area (TPSA) is 129 Å². The van der Waals surface area contributed by atoms with Crippen LogP contribution in [0.15, 0.2) is 24.3 Å². The molecule has 1 saturated heterocycles. The highest BCUT2D eigenvalue weighted by Crippen LogP contribution is 2.19. The van der Waals surface area contributed by atoms with Crippen LogP contribution in [0.2, 0.25) is 0 Å². The van der Waals surface area contributed by atoms with Gasteiger partial charge < -0.3 is 26.0 Å². The maximum atomic E-state index is 13.2. The zero-order chi connectivity index (χ0) is 26.9. The van der Waals surface area contributed by atoms with Crippen molar-refractivity contribution in [2.45, 2.75) is 77.5 Å². The summed E-state index contributed by atoms with van der Waals surface area (Å²) in [6, 6.07) is 5.04. The van der Waals surface area contributed by atoms with Gasteiger partial charge in [0.05, 0.1) is 11.6 Å². The first-order chi connectivity index (χ1) is 17.7. The number of fused-ring (bicyclic) bond motifs is 1. The molecule has 1 aromatic carbocycles. The van der Waals surface area contributed by atoms with E-state index in [0.717, 1.165) is 25.9 Å². The van der Waals surface area contributed by atoms with Gasteiger partial charge in [-0.2, -0.15) is 0 Å². The number of nitrogens with zero attached hydrogens (tertiary/aromatic N) is 1. The first kappa shape index (κ1) is 28.4. The zero-order valence-corrected chi connectivity index (χ0v) is 22.3. The molecular weight excluding hydrogens is 474 g/mol. The molecule has 10 nitrogen and oxygen atoms in total. The van der Waals surface area contributed by atoms with E-state index in [-0.39, 0.29) is 60.7 Å². The maximum Gasteiger partial charge on any atom is 0.255 e. The Balaban J connectivity index is 1.81. The van der Waals surface area contributed by atoms with E-state index in [0.29, 0.717) is 12.3 Å². The lowest BCUT2D eigenvalue weighted by Crippen LogP contribution is -2.53. The second-order valence-electron chi connectivity index (χ2n) is 10.2. The molecule has 37 heavy (non-hydrogen) atoms. The van der Waals surface area contributed by atoms with Crippen molar-refractivity contribution < 1.29 is 23.9 Å². The van der Waals surface area contributed by atoms with Crippen LogP contribution >= 0.6 is 0 Å². The minimum absolute atomic E-state index is 0.0208. The smallest absolute Gasteiger partial charge is 0.255 e. The number of para-hydroxylation sites is 1. The molecule has 0 bridgehead atoms. The van der Waals surface area contributed by atoms with Crippen LogP contribution < -0.4 is 26.0 Å². The van der Waals surface area contributed by atoms with E-state index in [1.165, 1.54) is 0 Å². The van der Waals surface area contributed by atoms with Gasteiger partial charge in [0.2, 0.25) is 17.7 Å². The number of likely N-dealkylation sites (tertiary alicyclic amines) is 1. The fraction of sp³-hybridized carbons (Fsp3) is 0.630. The summed E-state index contributed by atoms with van der Waals surface area (Å²) in [5.41, 5.74) is 0.283. The Kier molecular flexibility index (Phi) is 10.3. The summed E-state index contributed by atoms with van der Waals surface area (Å²) in [4.78, 5) is 54.4. The monoisotopic (exact) mass is 515 g/mol. The van der Waals surface area contributed by atoms with Crippen LogP contribution in [0, 0.1) is 5.92 Å². The number of hydrogen-bond acceptors (Lipinski definition) is 6. The fourth-order valence-electron chi connectivity index (χ4n) is 4.81. The average molecular weight is 516 g/mol. The summed E-state index contributed by atoms with van der Waals surface area (Å²) in [5.74, 6) is -1.23. The van der Waals surface area contributed by atoms with E-state index in [1.54, 1.807) is 31.2 Å². The number of carbonyl (C=O) groups excluding carboxylic acids is 4. The van der Waals surface area contributed by atoms with Gasteiger partial charge in [0, 0.05) is 19.0 Å². The van der Waals surface area contributed by atoms with Crippen LogP contribution in [-0.4, -0.2) is 78.9 Å². The van der Waals surface area contributed by atoms with Gasteiger partial charge in [-0.05, 0) is 57.3 Å². The van der Waals surface area contributed by atoms with Gasteiger partial charge >= 0.3 is 0 Å². The third-order valence-electron chi connectivity index (χ3n) is 6.97. The first-order valence-corrected chi connectivity index (χ1v) is 13.3. The maximum absolute atomic E-state index is 13.2. The Morgan fingerprint density at radius 1 is 1.14 bits per heavy atom. The number of amides is 4. The lowest BCUT2D eigenvalue weighted by atomic mass is 10.0. The Morgan fingerprint density at radius 3 is 2.62 bits per heavy atom. The quantitative estimate of drug-likeness (QED) is 0.467. The highest BCUT2D eigenvalue weighted by Gasteiger charge is 2.30. The van der Waals surface area contributed by atoms with Crippen LogP contribution in [0.25, 0.3) is 0 Å². The Morgan fingerprint density at radius 2 is 1.89 bits per heavy atom. The van der Waals surface area contributed by atoms with Crippen molar-refractivity contribution in [1.82, 2.24) is 26.2 Å². The number of ether oxygens (including phenoxy) is 1. The molecule has 3 rings (SSSR count). The van der Waals surface area contributed by atoms with Crippen molar-refractivity contribution in [1.29, 1.82) is 0 Å². The molecule has 4 N–H and O–H groups in total. The molecule has 2 aliphatic heterocycles. The molecule has 2 heterocycles. The SMILES string of the molecule is CCN1CCC[C@H]1CNC(=O)[C@@H]1CCC(=O)N[C@H](C(C)C)C(=O)N[C@@H](C)COc2ccccc2C(=O)N1. The number of nitrogens with one attached hydrogen (secondary N) is 4. The summed E-state index contributed by atoms with van der Waals surface area (Å²) in [7, 11) is 0. The fourth-order valence-corrected chi connectivity index (χ4v) is 4.81. The highest BCUT2D eigenvalue weighted by molar-refractivity contribution is 5.99. The Hall–Kier alpha value is -3.14. The van der Waals surface area contributed by atoms with Crippen molar-refractivity contribution in [2.75, 3.05) is 26.2 Å². The zero-order valence-electron chi connectivity index (χ0n) is 22.3. The van der Waals surface area contributed by atoms with Crippen LogP contribution in [-0.2, 0) is 14.4 Å². The lowest BCUT2D eigenvalue weighted by Gasteiger charge is -2.25. The third-order valence-corrected chi connectivity index (χ3v) is 6.97. The molecule has 0 spiro atoms. The van der Waals surface area contributed by atoms with Crippen LogP contribution in [0.1, 0.15) is 63.7 Å². The van der Waals surface area contributed by atoms with E-state index in [4.69, 9.17) is 4.74 Å². The van der Waals surface area contributed by atoms with Crippen molar-refractivity contribution in [2.24, 2.45) is 5.92 Å². The molecular formula is C27H41N5O5. The predicted molar refractivity (Wildman–Crippen MR) is 140 cm³/mol. The van der Waals surface area contributed by atoms with Gasteiger partial charge in [-0.3, -0.25) is 24.1 Å². The van der Waals surface area contributed by atoms with Crippen molar-refractivity contribution in [3.63, 3.8) is 0 Å². The van der Waals surface area contributed by atoms with E-state index < -0.39 is 18.0 Å². The molecule has 0 saturated carbocycles. The molecule has 0 aliphatic carbocycles. The van der Waals surface area contributed by atoms with Crippen molar-refractivity contribution in [3.05, 3.63) is 29.8 Å². The molecule has 4 atom stereocenters. The van der Waals surface area contributed by atoms with E-state index in [9.17, 15) is 19.2 Å². The predicted octanol–water partition coefficient (Wildman–Crippen LogP) is 1.20. The van der Waals surface area contributed by atoms with Gasteiger partial charge in [-0.25, -0.2) is 0 Å². The van der Waals surface area contributed by atoms with Gasteiger partial charge in [-0.15, -0.1) is 0 Å². The van der Waals surface area contributed by atoms with Gasteiger partial charge in [0.25, 0.3) is 5.91 Å². The average Bonchev–Trinajstić information content (AvgIpc) is 3.33. The summed E-state index contributed by atoms with van der Waals surface area (Å²) in [6.45, 7) is 10.2. The standard InChI is InChI=1S/C27H41N5O5/c1-5-32-14-8-9-19(32)15-28-26(35)21-12-13-23(33)31-24(17(2)3)27(36)29-18(4)16-37-22-11-7-6-10-20(22)25(34)30-21/h6-7,10-11,17-19,21,24H,5,8-9,12-16H2,1-4H3,(H,28,35)(H,29,36)(H,30,34)(H,31,33)/t18-,19-,21-,24+/m0/s1. The van der Waals surface area contributed by atoms with Crippen LogP contribution in [0.3, 0.4) is 0 Å². The molecule has 1 aromatic rings. The van der Waals surface area contributed by atoms with Gasteiger partial charge in [0.1, 0.15) is 24.4 Å². The van der Waals surface area contributed by atoms with E-state index >= 15 is 0 Å². The Bertz CT molecular complexity index is 968. The third kappa shape index (κ3) is 7.92. The number of rotatable bonds is 5. The highest BCUT2D eigenvalue weighted by atomic mass is 16.5. The van der Waals surface area contributed by atoms with E-state index in [2.05, 4.69) is 33.1 Å². The number of likely N-dealkylation sites (N-methyl/N-ethyl adjacent to an activating group) is 1. The molecule has 2 aliphatic rings. The molecule has 4 amide bonds. The normalized spacial score (nSPS) is 26.1. The van der Waals surface area contributed by atoms with Crippen LogP contribution in [0.4, 0.5) is 0 Å². The summed E-state index contributed by atoms with van der Waals surface area (Å²) in [6.07, 6.45) is 2.18. The Labute approximate surface area is 219 Å². The lowest BCUT2D eigenvalue weighted by molar-refractivity contribution is -0.131. The van der Waals surface area contributed by atoms with Gasteiger partial charge in [-0.1, -0.05) is 32.9 Å². The van der Waals surface area contributed by atoms with E-state index in [1.807, 2.05) is 13.8 Å². The summed E-state index contributed by atoms with van der Waals surface area (Å²) < 4.78 is 5.88. The molecule has 204 valence electrons. The molecule has 0 radical (unpaired) electrons. The largest absolute Gasteiger partial charge is 0.491 e. The summed E-state index contributed by atoms with van der Waals surface area (Å²) in [5, 5.41) is 11.5. The van der Waals surface area contributed by atoms with Gasteiger partial charge in [0.15, 0.2) is 0 Å². The minimum atomic E-state index is -0.918. The second-order valence-corrected chi connectivity index (χ2v) is 10.2. The number of benzene rings is 1. The number of hydrogen-bond donors (Lipinski definition) is 4. The molecule has 1 fully saturated rings. The molecule has 0 aromatic heterocycles. The summed E-state index contributed by atoms with van der Waals surface area (Å²) >= 11 is 0. The van der Waals surface area contributed by atoms with Crippen LogP contribution in [0.5, 0.6) is 5.75 Å². The van der Waals surface area contributed by atoms with Crippen molar-refractivity contribution in [3.8, 4) is 5.75 Å². The molecule has 10 heteroatoms. The number of carbonyl (C=O) groups is 4. The molecule has 0 unspecified atom stereocenters.